The van der Waals surface area contributed by atoms with Gasteiger partial charge >= 0.3 is 0 Å². The van der Waals surface area contributed by atoms with Crippen molar-refractivity contribution in [2.24, 2.45) is 0 Å². The largest absolute Gasteiger partial charge is 0.370 e. The molecule has 114 valence electrons. The minimum absolute atomic E-state index is 0.121. The molecule has 0 aliphatic carbocycles. The van der Waals surface area contributed by atoms with Gasteiger partial charge in [0.15, 0.2) is 0 Å². The number of pyridine rings is 1. The summed E-state index contributed by atoms with van der Waals surface area (Å²) >= 11 is 0. The molecule has 21 heavy (non-hydrogen) atoms. The van der Waals surface area contributed by atoms with Gasteiger partial charge in [-0.2, -0.15) is 0 Å². The number of aromatic nitrogens is 1. The molecule has 3 rings (SSSR count). The highest BCUT2D eigenvalue weighted by molar-refractivity contribution is 5.94. The van der Waals surface area contributed by atoms with E-state index in [0.29, 0.717) is 11.6 Å². The summed E-state index contributed by atoms with van der Waals surface area (Å²) in [5.74, 6) is 0.946. The number of nitrogens with zero attached hydrogens (tertiary/aromatic N) is 3. The van der Waals surface area contributed by atoms with Crippen LogP contribution in [0, 0.1) is 0 Å². The van der Waals surface area contributed by atoms with E-state index in [4.69, 9.17) is 0 Å². The van der Waals surface area contributed by atoms with Crippen molar-refractivity contribution < 1.29 is 4.79 Å². The Hall–Kier alpha value is -1.62. The van der Waals surface area contributed by atoms with Crippen LogP contribution in [0.1, 0.15) is 36.5 Å². The number of carbonyl (C=O) groups is 1. The first-order chi connectivity index (χ1) is 10.3. The standard InChI is InChI=1S/C16H24N4O/c1-2-17-15-7-6-13(11-18-15)16(21)20-10-9-19-8-4-3-5-14(19)12-20/h6-7,11,14H,2-5,8-10,12H2,1H3,(H,17,18). The van der Waals surface area contributed by atoms with Crippen molar-refractivity contribution >= 4 is 11.7 Å². The average Bonchev–Trinajstić information content (AvgIpc) is 2.55. The lowest BCUT2D eigenvalue weighted by atomic mass is 9.99. The molecule has 2 aliphatic heterocycles. The number of hydrogen-bond donors (Lipinski definition) is 1. The van der Waals surface area contributed by atoms with Crippen LogP contribution in [0.5, 0.6) is 0 Å². The Kier molecular flexibility index (Phi) is 4.39. The number of rotatable bonds is 3. The molecule has 1 unspecified atom stereocenters. The molecule has 0 bridgehead atoms. The summed E-state index contributed by atoms with van der Waals surface area (Å²) in [6, 6.07) is 4.32. The average molecular weight is 288 g/mol. The van der Waals surface area contributed by atoms with Gasteiger partial charge in [0.25, 0.3) is 5.91 Å². The number of hydrogen-bond acceptors (Lipinski definition) is 4. The van der Waals surface area contributed by atoms with E-state index in [1.165, 1.54) is 25.8 Å². The second-order valence-electron chi connectivity index (χ2n) is 5.90. The summed E-state index contributed by atoms with van der Waals surface area (Å²) in [4.78, 5) is 21.4. The quantitative estimate of drug-likeness (QED) is 0.922. The van der Waals surface area contributed by atoms with E-state index >= 15 is 0 Å². The SMILES string of the molecule is CCNc1ccc(C(=O)N2CCN3CCCCC3C2)cn1. The molecule has 0 spiro atoms. The van der Waals surface area contributed by atoms with E-state index in [0.717, 1.165) is 32.0 Å². The van der Waals surface area contributed by atoms with Crippen molar-refractivity contribution in [2.45, 2.75) is 32.2 Å². The van der Waals surface area contributed by atoms with Gasteiger partial charge in [-0.25, -0.2) is 4.98 Å². The first kappa shape index (κ1) is 14.3. The Morgan fingerprint density at radius 2 is 2.24 bits per heavy atom. The van der Waals surface area contributed by atoms with E-state index in [2.05, 4.69) is 15.2 Å². The zero-order valence-electron chi connectivity index (χ0n) is 12.7. The van der Waals surface area contributed by atoms with Gasteiger partial charge in [-0.3, -0.25) is 9.69 Å². The third-order valence-electron chi connectivity index (χ3n) is 4.49. The van der Waals surface area contributed by atoms with Gasteiger partial charge in [-0.05, 0) is 38.4 Å². The van der Waals surface area contributed by atoms with Crippen molar-refractivity contribution in [2.75, 3.05) is 38.0 Å². The van der Waals surface area contributed by atoms with Crippen molar-refractivity contribution in [1.82, 2.24) is 14.8 Å². The minimum atomic E-state index is 0.121. The number of carbonyl (C=O) groups excluding carboxylic acids is 1. The fourth-order valence-electron chi connectivity index (χ4n) is 3.33. The predicted octanol–water partition coefficient (Wildman–Crippen LogP) is 1.82. The predicted molar refractivity (Wildman–Crippen MR) is 83.5 cm³/mol. The van der Waals surface area contributed by atoms with Crippen LogP contribution in [0.25, 0.3) is 0 Å². The molecular formula is C16H24N4O. The van der Waals surface area contributed by atoms with E-state index in [9.17, 15) is 4.79 Å². The van der Waals surface area contributed by atoms with Crippen molar-refractivity contribution in [1.29, 1.82) is 0 Å². The summed E-state index contributed by atoms with van der Waals surface area (Å²) < 4.78 is 0. The fourth-order valence-corrected chi connectivity index (χ4v) is 3.33. The van der Waals surface area contributed by atoms with Gasteiger partial charge < -0.3 is 10.2 Å². The number of amides is 1. The molecule has 1 amide bonds. The summed E-state index contributed by atoms with van der Waals surface area (Å²) in [6.45, 7) is 6.79. The monoisotopic (exact) mass is 288 g/mol. The third kappa shape index (κ3) is 3.18. The van der Waals surface area contributed by atoms with E-state index < -0.39 is 0 Å². The molecule has 2 fully saturated rings. The number of piperazine rings is 1. The van der Waals surface area contributed by atoms with Gasteiger partial charge in [0.1, 0.15) is 5.82 Å². The van der Waals surface area contributed by atoms with Crippen LogP contribution < -0.4 is 5.32 Å². The molecular weight excluding hydrogens is 264 g/mol. The van der Waals surface area contributed by atoms with Crippen LogP contribution >= 0.6 is 0 Å². The van der Waals surface area contributed by atoms with E-state index in [1.54, 1.807) is 6.20 Å². The van der Waals surface area contributed by atoms with Crippen LogP contribution in [0.15, 0.2) is 18.3 Å². The van der Waals surface area contributed by atoms with Crippen LogP contribution in [0.4, 0.5) is 5.82 Å². The maximum Gasteiger partial charge on any atom is 0.255 e. The molecule has 2 aliphatic rings. The zero-order chi connectivity index (χ0) is 14.7. The summed E-state index contributed by atoms with van der Waals surface area (Å²) in [5, 5.41) is 3.15. The van der Waals surface area contributed by atoms with Crippen molar-refractivity contribution in [3.8, 4) is 0 Å². The van der Waals surface area contributed by atoms with Crippen LogP contribution in [-0.4, -0.2) is 59.5 Å². The molecule has 1 atom stereocenters. The Morgan fingerprint density at radius 3 is 3.00 bits per heavy atom. The van der Waals surface area contributed by atoms with Gasteiger partial charge in [0, 0.05) is 38.4 Å². The van der Waals surface area contributed by atoms with Gasteiger partial charge in [-0.15, -0.1) is 0 Å². The minimum Gasteiger partial charge on any atom is -0.370 e. The fraction of sp³-hybridized carbons (Fsp3) is 0.625. The molecule has 0 radical (unpaired) electrons. The highest BCUT2D eigenvalue weighted by atomic mass is 16.2. The van der Waals surface area contributed by atoms with Crippen LogP contribution in [-0.2, 0) is 0 Å². The third-order valence-corrected chi connectivity index (χ3v) is 4.49. The number of anilines is 1. The van der Waals surface area contributed by atoms with Crippen LogP contribution in [0.2, 0.25) is 0 Å². The van der Waals surface area contributed by atoms with E-state index in [1.807, 2.05) is 24.0 Å². The van der Waals surface area contributed by atoms with Gasteiger partial charge in [0.05, 0.1) is 5.56 Å². The molecule has 5 nitrogen and oxygen atoms in total. The second kappa shape index (κ2) is 6.43. The topological polar surface area (TPSA) is 48.5 Å². The summed E-state index contributed by atoms with van der Waals surface area (Å²) in [6.07, 6.45) is 5.51. The first-order valence-corrected chi connectivity index (χ1v) is 8.01. The smallest absolute Gasteiger partial charge is 0.255 e. The van der Waals surface area contributed by atoms with Gasteiger partial charge in [-0.1, -0.05) is 6.42 Å². The number of nitrogens with one attached hydrogen (secondary N) is 1. The van der Waals surface area contributed by atoms with E-state index in [-0.39, 0.29) is 5.91 Å². The molecule has 1 aromatic rings. The Morgan fingerprint density at radius 1 is 1.33 bits per heavy atom. The number of piperidine rings is 1. The Bertz CT molecular complexity index is 488. The number of fused-ring (bicyclic) bond motifs is 1. The molecule has 3 heterocycles. The lowest BCUT2D eigenvalue weighted by Crippen LogP contribution is -2.56. The molecule has 1 aromatic heterocycles. The zero-order valence-corrected chi connectivity index (χ0v) is 12.7. The maximum absolute atomic E-state index is 12.6. The molecule has 1 N–H and O–H groups in total. The maximum atomic E-state index is 12.6. The summed E-state index contributed by atoms with van der Waals surface area (Å²) in [5.41, 5.74) is 0.695. The Labute approximate surface area is 126 Å². The first-order valence-electron chi connectivity index (χ1n) is 8.01. The lowest BCUT2D eigenvalue weighted by Gasteiger charge is -2.44. The second-order valence-corrected chi connectivity index (χ2v) is 5.90. The lowest BCUT2D eigenvalue weighted by molar-refractivity contribution is 0.0372. The highest BCUT2D eigenvalue weighted by Crippen LogP contribution is 2.22. The molecule has 2 saturated heterocycles. The molecule has 0 aromatic carbocycles. The molecule has 5 heteroatoms. The molecule has 0 saturated carbocycles. The van der Waals surface area contributed by atoms with Crippen molar-refractivity contribution in [3.05, 3.63) is 23.9 Å². The van der Waals surface area contributed by atoms with Gasteiger partial charge in [0.2, 0.25) is 0 Å². The summed E-state index contributed by atoms with van der Waals surface area (Å²) in [7, 11) is 0. The Balaban J connectivity index is 1.64. The van der Waals surface area contributed by atoms with Crippen molar-refractivity contribution in [3.63, 3.8) is 0 Å². The highest BCUT2D eigenvalue weighted by Gasteiger charge is 2.31. The van der Waals surface area contributed by atoms with Crippen LogP contribution in [0.3, 0.4) is 0 Å². The normalized spacial score (nSPS) is 22.7.